The molecule has 0 N–H and O–H groups in total. The van der Waals surface area contributed by atoms with Crippen LogP contribution in [0.25, 0.3) is 0 Å². The lowest BCUT2D eigenvalue weighted by molar-refractivity contribution is -0.132. The summed E-state index contributed by atoms with van der Waals surface area (Å²) in [6.07, 6.45) is 33.1. The zero-order valence-electron chi connectivity index (χ0n) is 53.5. The Bertz CT molecular complexity index is 2670. The molecule has 0 unspecified atom stereocenters. The van der Waals surface area contributed by atoms with Crippen molar-refractivity contribution < 1.29 is 19.1 Å². The summed E-state index contributed by atoms with van der Waals surface area (Å²) in [5, 5.41) is 0. The molecule has 2 amide bonds. The number of carbonyl (C=O) groups is 2. The van der Waals surface area contributed by atoms with Gasteiger partial charge in [0, 0.05) is 84.5 Å². The Morgan fingerprint density at radius 2 is 0.558 bits per heavy atom. The van der Waals surface area contributed by atoms with Gasteiger partial charge in [0.15, 0.2) is 0 Å². The molecule has 86 heavy (non-hydrogen) atoms. The van der Waals surface area contributed by atoms with E-state index in [0.29, 0.717) is 48.7 Å². The Balaban J connectivity index is 1.37. The molecule has 458 valence electrons. The normalized spacial score (nSPS) is 10.6. The highest BCUT2D eigenvalue weighted by Gasteiger charge is 2.16. The number of hydrogen-bond donors (Lipinski definition) is 0. The first-order valence-electron chi connectivity index (χ1n) is 33.8. The monoisotopic (exact) mass is 1160 g/mol. The van der Waals surface area contributed by atoms with Gasteiger partial charge in [0.1, 0.15) is 11.5 Å². The molecular formula is C80H104N2O4. The maximum atomic E-state index is 13.8. The van der Waals surface area contributed by atoms with Crippen molar-refractivity contribution in [3.8, 4) is 58.9 Å². The predicted octanol–water partition coefficient (Wildman–Crippen LogP) is 19.5. The average Bonchev–Trinajstić information content (AvgIpc) is 3.56. The van der Waals surface area contributed by atoms with Gasteiger partial charge >= 0.3 is 0 Å². The van der Waals surface area contributed by atoms with Crippen molar-refractivity contribution in [2.24, 2.45) is 0 Å². The van der Waals surface area contributed by atoms with E-state index < -0.39 is 0 Å². The van der Waals surface area contributed by atoms with Crippen LogP contribution < -0.4 is 9.47 Å². The van der Waals surface area contributed by atoms with Crippen molar-refractivity contribution in [1.82, 2.24) is 9.80 Å². The van der Waals surface area contributed by atoms with Gasteiger partial charge in [0.2, 0.25) is 11.8 Å². The number of rotatable bonds is 40. The van der Waals surface area contributed by atoms with Crippen LogP contribution in [0.1, 0.15) is 265 Å². The summed E-state index contributed by atoms with van der Waals surface area (Å²) in [5.41, 5.74) is 6.83. The molecular weight excluding hydrogens is 1050 g/mol. The summed E-state index contributed by atoms with van der Waals surface area (Å²) in [7, 11) is 0. The summed E-state index contributed by atoms with van der Waals surface area (Å²) in [6.45, 7) is 13.3. The van der Waals surface area contributed by atoms with Crippen molar-refractivity contribution in [2.75, 3.05) is 39.4 Å². The highest BCUT2D eigenvalue weighted by atomic mass is 16.5. The molecule has 0 radical (unpaired) electrons. The Morgan fingerprint density at radius 1 is 0.302 bits per heavy atom. The summed E-state index contributed by atoms with van der Waals surface area (Å²) in [4.78, 5) is 32.0. The fourth-order valence-corrected chi connectivity index (χ4v) is 10.4. The lowest BCUT2D eigenvalue weighted by Gasteiger charge is -2.23. The molecule has 6 nitrogen and oxygen atoms in total. The second kappa shape index (κ2) is 45.2. The van der Waals surface area contributed by atoms with Gasteiger partial charge in [-0.15, -0.1) is 0 Å². The predicted molar refractivity (Wildman–Crippen MR) is 361 cm³/mol. The SMILES string of the molecule is CCCCCCCCN(CCCCCCCC)C(=O)CCCCOc1cc(C#Cc2ccc(C#Cc3ccccc3)cc2)c(OCCCCC(=O)N(CCCCCCCC)CCCCCCCC)cc1C#Cc1ccc(C#Cc2ccccc2)cc1. The quantitative estimate of drug-likeness (QED) is 0.0290. The minimum atomic E-state index is 0.258. The molecule has 0 aliphatic rings. The van der Waals surface area contributed by atoms with Crippen LogP contribution in [0.15, 0.2) is 121 Å². The molecule has 0 aromatic heterocycles. The minimum Gasteiger partial charge on any atom is -0.492 e. The van der Waals surface area contributed by atoms with E-state index in [2.05, 4.69) is 84.9 Å². The van der Waals surface area contributed by atoms with Crippen LogP contribution in [0.5, 0.6) is 11.5 Å². The lowest BCUT2D eigenvalue weighted by atomic mass is 10.1. The minimum absolute atomic E-state index is 0.258. The van der Waals surface area contributed by atoms with Crippen LogP contribution in [0.4, 0.5) is 0 Å². The van der Waals surface area contributed by atoms with Gasteiger partial charge in [0.05, 0.1) is 24.3 Å². The molecule has 0 spiro atoms. The number of benzene rings is 5. The summed E-state index contributed by atoms with van der Waals surface area (Å²) in [5.74, 6) is 28.5. The van der Waals surface area contributed by atoms with E-state index in [1.54, 1.807) is 0 Å². The molecule has 0 aliphatic carbocycles. The maximum absolute atomic E-state index is 13.8. The highest BCUT2D eigenvalue weighted by Crippen LogP contribution is 2.30. The Morgan fingerprint density at radius 3 is 0.849 bits per heavy atom. The molecule has 0 atom stereocenters. The largest absolute Gasteiger partial charge is 0.492 e. The fourth-order valence-electron chi connectivity index (χ4n) is 10.4. The van der Waals surface area contributed by atoms with Crippen LogP contribution in [-0.4, -0.2) is 61.0 Å². The number of carbonyl (C=O) groups excluding carboxylic acids is 2. The average molecular weight is 1160 g/mol. The van der Waals surface area contributed by atoms with Crippen LogP contribution >= 0.6 is 0 Å². The van der Waals surface area contributed by atoms with Gasteiger partial charge in [-0.25, -0.2) is 0 Å². The van der Waals surface area contributed by atoms with Crippen LogP contribution in [0.2, 0.25) is 0 Å². The molecule has 0 aliphatic heterocycles. The van der Waals surface area contributed by atoms with E-state index in [9.17, 15) is 9.59 Å². The van der Waals surface area contributed by atoms with Crippen LogP contribution in [0, 0.1) is 47.4 Å². The third kappa shape index (κ3) is 30.3. The van der Waals surface area contributed by atoms with Gasteiger partial charge < -0.3 is 19.3 Å². The van der Waals surface area contributed by atoms with Crippen molar-refractivity contribution in [2.45, 2.75) is 220 Å². The van der Waals surface area contributed by atoms with Gasteiger partial charge in [-0.2, -0.15) is 0 Å². The number of nitrogens with zero attached hydrogens (tertiary/aromatic N) is 2. The smallest absolute Gasteiger partial charge is 0.222 e. The highest BCUT2D eigenvalue weighted by molar-refractivity contribution is 5.76. The van der Waals surface area contributed by atoms with E-state index in [4.69, 9.17) is 9.47 Å². The second-order valence-corrected chi connectivity index (χ2v) is 23.2. The van der Waals surface area contributed by atoms with E-state index in [1.807, 2.05) is 121 Å². The van der Waals surface area contributed by atoms with Crippen molar-refractivity contribution >= 4 is 11.8 Å². The number of unbranched alkanes of at least 4 members (excludes halogenated alkanes) is 22. The Hall–Kier alpha value is -7.12. The topological polar surface area (TPSA) is 59.1 Å². The van der Waals surface area contributed by atoms with E-state index >= 15 is 0 Å². The molecule has 0 saturated heterocycles. The first-order chi connectivity index (χ1) is 42.4. The molecule has 5 aromatic rings. The van der Waals surface area contributed by atoms with Gasteiger partial charge in [-0.05, 0) is 124 Å². The van der Waals surface area contributed by atoms with E-state index in [0.717, 1.165) is 111 Å². The third-order valence-electron chi connectivity index (χ3n) is 15.7. The summed E-state index contributed by atoms with van der Waals surface area (Å²) >= 11 is 0. The van der Waals surface area contributed by atoms with Gasteiger partial charge in [-0.1, -0.05) is 240 Å². The van der Waals surface area contributed by atoms with Crippen molar-refractivity contribution in [3.05, 3.63) is 166 Å². The Kier molecular flexibility index (Phi) is 36.6. The molecule has 6 heteroatoms. The molecule has 5 rings (SSSR count). The fraction of sp³-hybridized carbons (Fsp3) is 0.500. The van der Waals surface area contributed by atoms with Crippen molar-refractivity contribution in [1.29, 1.82) is 0 Å². The van der Waals surface area contributed by atoms with E-state index in [-0.39, 0.29) is 11.8 Å². The molecule has 5 aromatic carbocycles. The van der Waals surface area contributed by atoms with Gasteiger partial charge in [-0.3, -0.25) is 9.59 Å². The summed E-state index contributed by atoms with van der Waals surface area (Å²) in [6, 6.07) is 40.0. The first-order valence-corrected chi connectivity index (χ1v) is 33.8. The van der Waals surface area contributed by atoms with Crippen LogP contribution in [0.3, 0.4) is 0 Å². The third-order valence-corrected chi connectivity index (χ3v) is 15.7. The number of amides is 2. The number of ether oxygens (including phenoxy) is 2. The Labute approximate surface area is 522 Å². The standard InChI is InChI=1S/C80H104N2O4/c1-5-9-13-17-21-33-61-81(62-34-22-18-14-10-6-2)79(83)43-31-37-65-85-77-67-76(60-58-74-55-51-72(52-56-74)48-46-70-41-29-26-30-42-70)78(68-75(77)59-57-73-53-49-71(50-54-73)47-45-69-39-27-25-28-40-69)86-66-38-32-44-80(84)82(63-35-23-19-15-11-7-3)64-36-24-20-16-12-8-4/h25-30,39-42,49-56,67-68H,5-24,31-38,43-44,61-66H2,1-4H3. The van der Waals surface area contributed by atoms with E-state index in [1.165, 1.54) is 128 Å². The van der Waals surface area contributed by atoms with Gasteiger partial charge in [0.25, 0.3) is 0 Å². The lowest BCUT2D eigenvalue weighted by Crippen LogP contribution is -2.33. The molecule has 0 fully saturated rings. The number of hydrogen-bond acceptors (Lipinski definition) is 4. The second-order valence-electron chi connectivity index (χ2n) is 23.2. The molecule has 0 heterocycles. The van der Waals surface area contributed by atoms with Crippen LogP contribution in [-0.2, 0) is 9.59 Å². The maximum Gasteiger partial charge on any atom is 0.222 e. The molecule has 0 saturated carbocycles. The zero-order valence-corrected chi connectivity index (χ0v) is 53.5. The summed E-state index contributed by atoms with van der Waals surface area (Å²) < 4.78 is 13.4. The zero-order chi connectivity index (χ0) is 60.8. The first kappa shape index (κ1) is 69.6. The molecule has 0 bridgehead atoms. The van der Waals surface area contributed by atoms with Crippen molar-refractivity contribution in [3.63, 3.8) is 0 Å².